The lowest BCUT2D eigenvalue weighted by Crippen LogP contribution is -2.26. The van der Waals surface area contributed by atoms with Gasteiger partial charge in [0.25, 0.3) is 0 Å². The molecule has 0 spiro atoms. The molecule has 1 aliphatic rings. The van der Waals surface area contributed by atoms with Gasteiger partial charge in [0.15, 0.2) is 0 Å². The normalized spacial score (nSPS) is 19.1. The summed E-state index contributed by atoms with van der Waals surface area (Å²) in [6, 6.07) is 14.9. The number of amides is 1. The number of hydrogen-bond acceptors (Lipinski definition) is 6. The van der Waals surface area contributed by atoms with E-state index in [1.54, 1.807) is 12.1 Å². The van der Waals surface area contributed by atoms with Gasteiger partial charge >= 0.3 is 11.9 Å². The van der Waals surface area contributed by atoms with Crippen molar-refractivity contribution in [2.24, 2.45) is 0 Å². The van der Waals surface area contributed by atoms with E-state index in [4.69, 9.17) is 14.4 Å². The molecule has 3 rings (SSSR count). The molecule has 0 saturated heterocycles. The van der Waals surface area contributed by atoms with Crippen LogP contribution in [0.3, 0.4) is 0 Å². The fourth-order valence-electron chi connectivity index (χ4n) is 2.29. The number of hydrogen-bond donors (Lipinski definition) is 2. The molecule has 0 aromatic heterocycles. The highest BCUT2D eigenvalue weighted by molar-refractivity contribution is 8.89. The van der Waals surface area contributed by atoms with Gasteiger partial charge in [-0.3, -0.25) is 4.57 Å². The third kappa shape index (κ3) is 5.37. The standard InChI is InChI=1S/C17H18NO5PS2/c19-17(20)18-8-9-22-16-7-6-13-11-25-24(21,26-12-14(13)10-16)23-15-4-2-1-3-5-15/h1-7,10,18H,8-9,11-12H2,(H,19,20). The fraction of sp³-hybridized carbons (Fsp3) is 0.235. The minimum atomic E-state index is -2.90. The van der Waals surface area contributed by atoms with E-state index in [9.17, 15) is 9.36 Å². The van der Waals surface area contributed by atoms with Gasteiger partial charge in [-0.25, -0.2) is 4.79 Å². The molecule has 2 aromatic carbocycles. The second-order valence-corrected chi connectivity index (χ2v) is 12.7. The summed E-state index contributed by atoms with van der Waals surface area (Å²) in [5.41, 5.74) is 2.16. The summed E-state index contributed by atoms with van der Waals surface area (Å²) in [6.07, 6.45) is -1.07. The summed E-state index contributed by atoms with van der Waals surface area (Å²) in [5.74, 6) is -0.449. The first-order valence-corrected chi connectivity index (χ1v) is 12.7. The van der Waals surface area contributed by atoms with Gasteiger partial charge in [0.2, 0.25) is 0 Å². The topological polar surface area (TPSA) is 84.9 Å². The molecule has 0 fully saturated rings. The van der Waals surface area contributed by atoms with Crippen molar-refractivity contribution in [3.8, 4) is 11.5 Å². The van der Waals surface area contributed by atoms with Crippen LogP contribution in [0.2, 0.25) is 0 Å². The molecule has 1 atom stereocenters. The zero-order chi connectivity index (χ0) is 18.4. The van der Waals surface area contributed by atoms with Crippen LogP contribution in [0.4, 0.5) is 4.79 Å². The van der Waals surface area contributed by atoms with Gasteiger partial charge in [-0.15, -0.1) is 0 Å². The third-order valence-corrected chi connectivity index (χ3v) is 10.5. The van der Waals surface area contributed by atoms with Crippen LogP contribution in [0.5, 0.6) is 11.5 Å². The first-order chi connectivity index (χ1) is 12.5. The van der Waals surface area contributed by atoms with Crippen LogP contribution in [0.25, 0.3) is 0 Å². The van der Waals surface area contributed by atoms with Crippen molar-refractivity contribution in [3.63, 3.8) is 0 Å². The van der Waals surface area contributed by atoms with Crippen LogP contribution in [0, 0.1) is 0 Å². The number of carboxylic acid groups (broad SMARTS) is 1. The van der Waals surface area contributed by atoms with E-state index < -0.39 is 11.9 Å². The molecule has 0 aliphatic carbocycles. The Balaban J connectivity index is 1.62. The third-order valence-electron chi connectivity index (χ3n) is 3.54. The smallest absolute Gasteiger partial charge is 0.404 e. The van der Waals surface area contributed by atoms with Crippen LogP contribution in [0.15, 0.2) is 48.5 Å². The number of benzene rings is 2. The number of rotatable bonds is 6. The summed E-state index contributed by atoms with van der Waals surface area (Å²) in [5, 5.41) is 10.8. The van der Waals surface area contributed by atoms with E-state index in [0.29, 0.717) is 23.0 Å². The molecule has 26 heavy (non-hydrogen) atoms. The van der Waals surface area contributed by atoms with Crippen molar-refractivity contribution >= 4 is 34.6 Å². The van der Waals surface area contributed by atoms with E-state index in [-0.39, 0.29) is 13.2 Å². The van der Waals surface area contributed by atoms with Crippen LogP contribution < -0.4 is 14.6 Å². The Morgan fingerprint density at radius 1 is 1.08 bits per heavy atom. The van der Waals surface area contributed by atoms with E-state index >= 15 is 0 Å². The van der Waals surface area contributed by atoms with Gasteiger partial charge < -0.3 is 19.7 Å². The van der Waals surface area contributed by atoms with Crippen molar-refractivity contribution in [2.75, 3.05) is 13.2 Å². The van der Waals surface area contributed by atoms with Gasteiger partial charge in [-0.05, 0) is 58.2 Å². The van der Waals surface area contributed by atoms with Crippen molar-refractivity contribution in [3.05, 3.63) is 59.7 Å². The highest BCUT2D eigenvalue weighted by Gasteiger charge is 2.30. The number of nitrogens with one attached hydrogen (secondary N) is 1. The van der Waals surface area contributed by atoms with Crippen LogP contribution in [-0.4, -0.2) is 24.4 Å². The van der Waals surface area contributed by atoms with Gasteiger partial charge in [-0.1, -0.05) is 24.3 Å². The van der Waals surface area contributed by atoms with Crippen molar-refractivity contribution < 1.29 is 23.7 Å². The molecule has 138 valence electrons. The summed E-state index contributed by atoms with van der Waals surface area (Å²) >= 11 is 2.65. The molecule has 9 heteroatoms. The number of ether oxygens (including phenoxy) is 1. The number of fused-ring (bicyclic) bond motifs is 1. The average Bonchev–Trinajstić information content (AvgIpc) is 2.79. The monoisotopic (exact) mass is 411 g/mol. The SMILES string of the molecule is O=C(O)NCCOc1ccc2c(c1)CSP(=O)(Oc1ccccc1)SC2. The Kier molecular flexibility index (Phi) is 6.40. The van der Waals surface area contributed by atoms with Crippen molar-refractivity contribution in [1.29, 1.82) is 0 Å². The molecule has 6 nitrogen and oxygen atoms in total. The molecule has 2 N–H and O–H groups in total. The Hall–Kier alpha value is -1.76. The van der Waals surface area contributed by atoms with Crippen LogP contribution in [-0.2, 0) is 16.1 Å². The maximum Gasteiger partial charge on any atom is 0.404 e. The largest absolute Gasteiger partial charge is 0.492 e. The van der Waals surface area contributed by atoms with Crippen molar-refractivity contribution in [1.82, 2.24) is 5.32 Å². The number of para-hydroxylation sites is 1. The Morgan fingerprint density at radius 3 is 2.54 bits per heavy atom. The van der Waals surface area contributed by atoms with Gasteiger partial charge in [0.05, 0.1) is 6.54 Å². The maximum absolute atomic E-state index is 13.1. The van der Waals surface area contributed by atoms with Gasteiger partial charge in [0.1, 0.15) is 18.1 Å². The van der Waals surface area contributed by atoms with E-state index in [1.807, 2.05) is 36.4 Å². The molecule has 1 amide bonds. The van der Waals surface area contributed by atoms with Crippen LogP contribution in [0.1, 0.15) is 11.1 Å². The van der Waals surface area contributed by atoms with E-state index in [2.05, 4.69) is 5.32 Å². The van der Waals surface area contributed by atoms with Gasteiger partial charge in [0, 0.05) is 11.5 Å². The molecule has 2 aromatic rings. The summed E-state index contributed by atoms with van der Waals surface area (Å²) in [7, 11) is 0. The van der Waals surface area contributed by atoms with Crippen molar-refractivity contribution in [2.45, 2.75) is 11.5 Å². The van der Waals surface area contributed by atoms with Crippen LogP contribution >= 0.6 is 28.5 Å². The molecule has 1 heterocycles. The summed E-state index contributed by atoms with van der Waals surface area (Å²) in [4.78, 5) is 10.4. The predicted octanol–water partition coefficient (Wildman–Crippen LogP) is 5.00. The zero-order valence-corrected chi connectivity index (χ0v) is 16.3. The second-order valence-electron chi connectivity index (χ2n) is 5.41. The summed E-state index contributed by atoms with van der Waals surface area (Å²) < 4.78 is 24.4. The Labute approximate surface area is 159 Å². The molecule has 0 radical (unpaired) electrons. The second kappa shape index (κ2) is 8.75. The highest BCUT2D eigenvalue weighted by atomic mass is 33.1. The maximum atomic E-state index is 13.1. The molecule has 1 aliphatic heterocycles. The molecular weight excluding hydrogens is 393 g/mol. The van der Waals surface area contributed by atoms with E-state index in [1.165, 1.54) is 22.8 Å². The molecule has 0 saturated carbocycles. The minimum Gasteiger partial charge on any atom is -0.492 e. The number of carbonyl (C=O) groups is 1. The quantitative estimate of drug-likeness (QED) is 0.511. The van der Waals surface area contributed by atoms with Gasteiger partial charge in [-0.2, -0.15) is 0 Å². The lowest BCUT2D eigenvalue weighted by atomic mass is 10.1. The molecular formula is C17H18NO5PS2. The summed E-state index contributed by atoms with van der Waals surface area (Å²) in [6.45, 7) is 0.472. The molecule has 0 bridgehead atoms. The Bertz CT molecular complexity index is 818. The average molecular weight is 411 g/mol. The minimum absolute atomic E-state index is 0.219. The predicted molar refractivity (Wildman–Crippen MR) is 105 cm³/mol. The first-order valence-electron chi connectivity index (χ1n) is 7.89. The highest BCUT2D eigenvalue weighted by Crippen LogP contribution is 2.72. The lowest BCUT2D eigenvalue weighted by molar-refractivity contribution is 0.191. The van der Waals surface area contributed by atoms with E-state index in [0.717, 1.165) is 11.1 Å². The fourth-order valence-corrected chi connectivity index (χ4v) is 8.46. The zero-order valence-electron chi connectivity index (χ0n) is 13.8. The Morgan fingerprint density at radius 2 is 1.81 bits per heavy atom. The molecule has 1 unspecified atom stereocenters. The lowest BCUT2D eigenvalue weighted by Gasteiger charge is -2.15. The first kappa shape index (κ1) is 19.0.